The lowest BCUT2D eigenvalue weighted by Crippen LogP contribution is -2.33. The third kappa shape index (κ3) is 3.33. The van der Waals surface area contributed by atoms with E-state index in [1.165, 1.54) is 0 Å². The Hall–Kier alpha value is -0.960. The number of hydrogen-bond donors (Lipinski definition) is 3. The van der Waals surface area contributed by atoms with Gasteiger partial charge in [0.2, 0.25) is 0 Å². The van der Waals surface area contributed by atoms with Crippen LogP contribution in [-0.2, 0) is 21.4 Å². The van der Waals surface area contributed by atoms with Crippen molar-refractivity contribution in [3.05, 3.63) is 11.3 Å². The van der Waals surface area contributed by atoms with Gasteiger partial charge in [-0.05, 0) is 25.7 Å². The first-order valence-electron chi connectivity index (χ1n) is 6.26. The van der Waals surface area contributed by atoms with Crippen LogP contribution in [0.3, 0.4) is 0 Å². The largest absolute Gasteiger partial charge is 0.392 e. The van der Waals surface area contributed by atoms with Crippen LogP contribution in [0.1, 0.15) is 24.1 Å². The Labute approximate surface area is 112 Å². The third-order valence-electron chi connectivity index (χ3n) is 3.27. The van der Waals surface area contributed by atoms with E-state index >= 15 is 0 Å². The van der Waals surface area contributed by atoms with E-state index in [9.17, 15) is 13.5 Å². The molecule has 2 rings (SSSR count). The van der Waals surface area contributed by atoms with Crippen LogP contribution in [0, 0.1) is 12.8 Å². The molecule has 8 heteroatoms. The fourth-order valence-corrected chi connectivity index (χ4v) is 3.40. The summed E-state index contributed by atoms with van der Waals surface area (Å²) >= 11 is 0. The molecule has 0 amide bonds. The SMILES string of the molecule is Cc1[nH]nc(S(=O)(=O)NCC2CCCOC2)c1CO. The van der Waals surface area contributed by atoms with Crippen molar-refractivity contribution >= 4 is 10.0 Å². The lowest BCUT2D eigenvalue weighted by Gasteiger charge is -2.21. The van der Waals surface area contributed by atoms with Crippen molar-refractivity contribution in [2.24, 2.45) is 5.92 Å². The highest BCUT2D eigenvalue weighted by atomic mass is 32.2. The van der Waals surface area contributed by atoms with E-state index in [1.54, 1.807) is 6.92 Å². The topological polar surface area (TPSA) is 104 Å². The Bertz CT molecular complexity index is 520. The van der Waals surface area contributed by atoms with Gasteiger partial charge in [-0.1, -0.05) is 0 Å². The summed E-state index contributed by atoms with van der Waals surface area (Å²) in [4.78, 5) is 0. The van der Waals surface area contributed by atoms with E-state index in [-0.39, 0.29) is 17.6 Å². The summed E-state index contributed by atoms with van der Waals surface area (Å²) in [6.45, 7) is 2.97. The lowest BCUT2D eigenvalue weighted by molar-refractivity contribution is 0.0568. The lowest BCUT2D eigenvalue weighted by atomic mass is 10.0. The normalized spacial score (nSPS) is 20.6. The summed E-state index contributed by atoms with van der Waals surface area (Å²) in [5.74, 6) is 0.196. The average molecular weight is 289 g/mol. The monoisotopic (exact) mass is 289 g/mol. The zero-order chi connectivity index (χ0) is 13.9. The van der Waals surface area contributed by atoms with Gasteiger partial charge in [-0.2, -0.15) is 5.10 Å². The van der Waals surface area contributed by atoms with Crippen molar-refractivity contribution in [3.8, 4) is 0 Å². The quantitative estimate of drug-likeness (QED) is 0.703. The molecular weight excluding hydrogens is 270 g/mol. The van der Waals surface area contributed by atoms with Crippen molar-refractivity contribution < 1.29 is 18.3 Å². The molecule has 1 aliphatic heterocycles. The van der Waals surface area contributed by atoms with Crippen molar-refractivity contribution in [3.63, 3.8) is 0 Å². The first kappa shape index (κ1) is 14.4. The minimum Gasteiger partial charge on any atom is -0.392 e. The molecule has 0 radical (unpaired) electrons. The number of ether oxygens (including phenoxy) is 1. The highest BCUT2D eigenvalue weighted by Crippen LogP contribution is 2.17. The van der Waals surface area contributed by atoms with Crippen LogP contribution in [0.4, 0.5) is 0 Å². The molecule has 0 spiro atoms. The predicted octanol–water partition coefficient (Wildman–Crippen LogP) is -0.0847. The van der Waals surface area contributed by atoms with E-state index in [2.05, 4.69) is 14.9 Å². The minimum absolute atomic E-state index is 0.121. The van der Waals surface area contributed by atoms with E-state index < -0.39 is 10.0 Å². The van der Waals surface area contributed by atoms with E-state index in [1.807, 2.05) is 0 Å². The molecule has 19 heavy (non-hydrogen) atoms. The number of aliphatic hydroxyl groups excluding tert-OH is 1. The Morgan fingerprint density at radius 3 is 3.00 bits per heavy atom. The van der Waals surface area contributed by atoms with E-state index in [0.717, 1.165) is 19.4 Å². The number of hydrogen-bond acceptors (Lipinski definition) is 5. The zero-order valence-electron chi connectivity index (χ0n) is 10.8. The molecule has 7 nitrogen and oxygen atoms in total. The summed E-state index contributed by atoms with van der Waals surface area (Å²) in [7, 11) is -3.69. The number of rotatable bonds is 5. The van der Waals surface area contributed by atoms with Crippen molar-refractivity contribution in [1.82, 2.24) is 14.9 Å². The van der Waals surface area contributed by atoms with Gasteiger partial charge in [-0.3, -0.25) is 5.10 Å². The minimum atomic E-state index is -3.69. The van der Waals surface area contributed by atoms with Gasteiger partial charge in [0.05, 0.1) is 13.2 Å². The van der Waals surface area contributed by atoms with Gasteiger partial charge in [0.25, 0.3) is 10.0 Å². The standard InChI is InChI=1S/C11H19N3O4S/c1-8-10(6-15)11(14-13-8)19(16,17)12-5-9-3-2-4-18-7-9/h9,12,15H,2-7H2,1H3,(H,13,14). The maximum atomic E-state index is 12.1. The average Bonchev–Trinajstić information content (AvgIpc) is 2.79. The van der Waals surface area contributed by atoms with Gasteiger partial charge in [-0.15, -0.1) is 0 Å². The fourth-order valence-electron chi connectivity index (χ4n) is 2.10. The predicted molar refractivity (Wildman–Crippen MR) is 68.0 cm³/mol. The van der Waals surface area contributed by atoms with E-state index in [0.29, 0.717) is 24.4 Å². The number of sulfonamides is 1. The number of H-pyrrole nitrogens is 1. The molecule has 1 unspecified atom stereocenters. The summed E-state index contributed by atoms with van der Waals surface area (Å²) in [6, 6.07) is 0. The Morgan fingerprint density at radius 2 is 2.37 bits per heavy atom. The molecule has 1 aromatic heterocycles. The second kappa shape index (κ2) is 6.00. The number of aliphatic hydroxyl groups is 1. The Morgan fingerprint density at radius 1 is 1.58 bits per heavy atom. The second-order valence-electron chi connectivity index (χ2n) is 4.73. The number of aromatic nitrogens is 2. The number of nitrogens with one attached hydrogen (secondary N) is 2. The molecular formula is C11H19N3O4S. The molecule has 1 aliphatic rings. The van der Waals surface area contributed by atoms with E-state index in [4.69, 9.17) is 4.74 Å². The molecule has 0 bridgehead atoms. The molecule has 2 heterocycles. The van der Waals surface area contributed by atoms with Crippen LogP contribution >= 0.6 is 0 Å². The van der Waals surface area contributed by atoms with Crippen LogP contribution in [0.15, 0.2) is 5.03 Å². The van der Waals surface area contributed by atoms with Crippen LogP contribution in [0.2, 0.25) is 0 Å². The van der Waals surface area contributed by atoms with Gasteiger partial charge >= 0.3 is 0 Å². The van der Waals surface area contributed by atoms with Crippen LogP contribution in [-0.4, -0.2) is 43.5 Å². The second-order valence-corrected chi connectivity index (χ2v) is 6.41. The molecule has 3 N–H and O–H groups in total. The fraction of sp³-hybridized carbons (Fsp3) is 0.727. The van der Waals surface area contributed by atoms with Gasteiger partial charge in [0.1, 0.15) is 0 Å². The Balaban J connectivity index is 2.05. The molecule has 0 aromatic carbocycles. The highest BCUT2D eigenvalue weighted by Gasteiger charge is 2.25. The van der Waals surface area contributed by atoms with Crippen molar-refractivity contribution in [1.29, 1.82) is 0 Å². The molecule has 1 saturated heterocycles. The van der Waals surface area contributed by atoms with Gasteiger partial charge < -0.3 is 9.84 Å². The zero-order valence-corrected chi connectivity index (χ0v) is 11.7. The summed E-state index contributed by atoms with van der Waals surface area (Å²) in [5.41, 5.74) is 0.872. The maximum Gasteiger partial charge on any atom is 0.260 e. The summed E-state index contributed by atoms with van der Waals surface area (Å²) < 4.78 is 32.1. The highest BCUT2D eigenvalue weighted by molar-refractivity contribution is 7.89. The summed E-state index contributed by atoms with van der Waals surface area (Å²) in [5, 5.41) is 15.4. The first-order valence-corrected chi connectivity index (χ1v) is 7.75. The third-order valence-corrected chi connectivity index (χ3v) is 4.66. The molecule has 0 aliphatic carbocycles. The van der Waals surface area contributed by atoms with Gasteiger partial charge in [-0.25, -0.2) is 13.1 Å². The summed E-state index contributed by atoms with van der Waals surface area (Å²) in [6.07, 6.45) is 1.91. The number of aromatic amines is 1. The molecule has 1 aromatic rings. The first-order chi connectivity index (χ1) is 9.04. The van der Waals surface area contributed by atoms with Crippen molar-refractivity contribution in [2.75, 3.05) is 19.8 Å². The number of aryl methyl sites for hydroxylation is 1. The molecule has 1 fully saturated rings. The smallest absolute Gasteiger partial charge is 0.260 e. The molecule has 1 atom stereocenters. The molecule has 0 saturated carbocycles. The van der Waals surface area contributed by atoms with Crippen molar-refractivity contribution in [2.45, 2.75) is 31.4 Å². The van der Waals surface area contributed by atoms with Crippen LogP contribution in [0.25, 0.3) is 0 Å². The van der Waals surface area contributed by atoms with Gasteiger partial charge in [0.15, 0.2) is 5.03 Å². The number of nitrogens with zero attached hydrogens (tertiary/aromatic N) is 1. The molecule has 108 valence electrons. The Kier molecular flexibility index (Phi) is 4.56. The van der Waals surface area contributed by atoms with Gasteiger partial charge in [0, 0.05) is 24.4 Å². The maximum absolute atomic E-state index is 12.1. The van der Waals surface area contributed by atoms with Crippen LogP contribution < -0.4 is 4.72 Å². The van der Waals surface area contributed by atoms with Crippen LogP contribution in [0.5, 0.6) is 0 Å².